The number of nitrogens with zero attached hydrogens (tertiary/aromatic N) is 2. The third-order valence-corrected chi connectivity index (χ3v) is 3.51. The van der Waals surface area contributed by atoms with E-state index in [-0.39, 0.29) is 24.3 Å². The minimum absolute atomic E-state index is 0.0684. The molecule has 6 nitrogen and oxygen atoms in total. The molecule has 0 radical (unpaired) electrons. The molecule has 2 atom stereocenters. The third-order valence-electron chi connectivity index (χ3n) is 3.51. The zero-order valence-corrected chi connectivity index (χ0v) is 15.8. The first kappa shape index (κ1) is 19.6. The Morgan fingerprint density at radius 3 is 1.87 bits per heavy atom. The molecule has 1 aliphatic rings. The molecule has 2 amide bonds. The number of hydrogen-bond donors (Lipinski definition) is 0. The standard InChI is InChI=1S/C17H32N2O4/c1-9-13-11-18(14(20)22-16(3,4)5)10-12(2)19(13)15(21)23-17(6,7)8/h12-13H,9-11H2,1-8H3. The number of ether oxygens (including phenoxy) is 2. The van der Waals surface area contributed by atoms with Crippen LogP contribution < -0.4 is 0 Å². The largest absolute Gasteiger partial charge is 0.444 e. The minimum atomic E-state index is -0.530. The van der Waals surface area contributed by atoms with Crippen LogP contribution in [0.15, 0.2) is 0 Å². The minimum Gasteiger partial charge on any atom is -0.444 e. The fraction of sp³-hybridized carbons (Fsp3) is 0.882. The lowest BCUT2D eigenvalue weighted by atomic mass is 10.1. The number of piperazine rings is 1. The van der Waals surface area contributed by atoms with Gasteiger partial charge in [0.15, 0.2) is 0 Å². The van der Waals surface area contributed by atoms with Gasteiger partial charge in [-0.2, -0.15) is 0 Å². The predicted molar refractivity (Wildman–Crippen MR) is 89.4 cm³/mol. The summed E-state index contributed by atoms with van der Waals surface area (Å²) in [4.78, 5) is 28.2. The average Bonchev–Trinajstić information content (AvgIpc) is 2.33. The second-order valence-electron chi connectivity index (χ2n) is 8.18. The number of rotatable bonds is 1. The van der Waals surface area contributed by atoms with Gasteiger partial charge in [0.25, 0.3) is 0 Å². The van der Waals surface area contributed by atoms with Crippen LogP contribution in [0.25, 0.3) is 0 Å². The number of hydrogen-bond acceptors (Lipinski definition) is 4. The lowest BCUT2D eigenvalue weighted by Gasteiger charge is -2.45. The summed E-state index contributed by atoms with van der Waals surface area (Å²) in [6, 6.07) is -0.183. The zero-order valence-electron chi connectivity index (χ0n) is 15.8. The molecule has 0 bridgehead atoms. The first-order valence-electron chi connectivity index (χ1n) is 8.33. The first-order valence-corrected chi connectivity index (χ1v) is 8.33. The van der Waals surface area contributed by atoms with E-state index in [0.29, 0.717) is 13.1 Å². The highest BCUT2D eigenvalue weighted by Gasteiger charge is 2.39. The van der Waals surface area contributed by atoms with Gasteiger partial charge in [-0.1, -0.05) is 6.92 Å². The van der Waals surface area contributed by atoms with Crippen molar-refractivity contribution in [3.8, 4) is 0 Å². The molecule has 0 aliphatic carbocycles. The lowest BCUT2D eigenvalue weighted by Crippen LogP contribution is -2.61. The smallest absolute Gasteiger partial charge is 0.410 e. The maximum absolute atomic E-state index is 12.5. The highest BCUT2D eigenvalue weighted by Crippen LogP contribution is 2.23. The van der Waals surface area contributed by atoms with Crippen molar-refractivity contribution in [1.82, 2.24) is 9.80 Å². The molecule has 0 aromatic carbocycles. The van der Waals surface area contributed by atoms with Crippen LogP contribution in [0.4, 0.5) is 9.59 Å². The van der Waals surface area contributed by atoms with Crippen molar-refractivity contribution in [2.24, 2.45) is 0 Å². The number of amides is 2. The zero-order chi connectivity index (χ0) is 18.0. The van der Waals surface area contributed by atoms with E-state index in [1.165, 1.54) is 0 Å². The Kier molecular flexibility index (Phi) is 5.94. The molecule has 0 spiro atoms. The second kappa shape index (κ2) is 6.97. The average molecular weight is 328 g/mol. The van der Waals surface area contributed by atoms with E-state index < -0.39 is 11.2 Å². The van der Waals surface area contributed by atoms with Crippen LogP contribution in [0.5, 0.6) is 0 Å². The highest BCUT2D eigenvalue weighted by atomic mass is 16.6. The van der Waals surface area contributed by atoms with E-state index in [1.54, 1.807) is 9.80 Å². The molecular weight excluding hydrogens is 296 g/mol. The van der Waals surface area contributed by atoms with Gasteiger partial charge in [-0.15, -0.1) is 0 Å². The number of carbonyl (C=O) groups is 2. The molecule has 0 aromatic rings. The summed E-state index contributed by atoms with van der Waals surface area (Å²) in [6.07, 6.45) is 0.107. The summed E-state index contributed by atoms with van der Waals surface area (Å²) in [6.45, 7) is 16.0. The van der Waals surface area contributed by atoms with Gasteiger partial charge in [-0.25, -0.2) is 9.59 Å². The van der Waals surface area contributed by atoms with Crippen molar-refractivity contribution in [2.75, 3.05) is 13.1 Å². The van der Waals surface area contributed by atoms with Crippen LogP contribution in [-0.2, 0) is 9.47 Å². The van der Waals surface area contributed by atoms with E-state index in [2.05, 4.69) is 0 Å². The van der Waals surface area contributed by atoms with Crippen LogP contribution in [0.1, 0.15) is 61.8 Å². The van der Waals surface area contributed by atoms with E-state index in [0.717, 1.165) is 6.42 Å². The van der Waals surface area contributed by atoms with Gasteiger partial charge in [0, 0.05) is 13.1 Å². The molecule has 1 rings (SSSR count). The lowest BCUT2D eigenvalue weighted by molar-refractivity contribution is -0.0299. The Balaban J connectivity index is 2.82. The van der Waals surface area contributed by atoms with Gasteiger partial charge in [-0.05, 0) is 54.9 Å². The van der Waals surface area contributed by atoms with Gasteiger partial charge in [0.1, 0.15) is 11.2 Å². The van der Waals surface area contributed by atoms with Gasteiger partial charge in [0.2, 0.25) is 0 Å². The van der Waals surface area contributed by atoms with E-state index >= 15 is 0 Å². The molecule has 2 unspecified atom stereocenters. The highest BCUT2D eigenvalue weighted by molar-refractivity contribution is 5.71. The SMILES string of the molecule is CCC1CN(C(=O)OC(C)(C)C)CC(C)N1C(=O)OC(C)(C)C. The topological polar surface area (TPSA) is 59.1 Å². The summed E-state index contributed by atoms with van der Waals surface area (Å²) in [5.41, 5.74) is -1.05. The molecule has 23 heavy (non-hydrogen) atoms. The molecule has 6 heteroatoms. The second-order valence-corrected chi connectivity index (χ2v) is 8.18. The molecule has 1 aliphatic heterocycles. The molecule has 1 saturated heterocycles. The Bertz CT molecular complexity index is 437. The van der Waals surface area contributed by atoms with Gasteiger partial charge < -0.3 is 14.4 Å². The molecule has 0 saturated carbocycles. The van der Waals surface area contributed by atoms with Gasteiger partial charge in [-0.3, -0.25) is 4.90 Å². The van der Waals surface area contributed by atoms with Crippen LogP contribution in [0.2, 0.25) is 0 Å². The van der Waals surface area contributed by atoms with E-state index in [1.807, 2.05) is 55.4 Å². The number of carbonyl (C=O) groups excluding carboxylic acids is 2. The monoisotopic (exact) mass is 328 g/mol. The maximum Gasteiger partial charge on any atom is 0.410 e. The molecular formula is C17H32N2O4. The summed E-state index contributed by atoms with van der Waals surface area (Å²) in [7, 11) is 0. The maximum atomic E-state index is 12.5. The molecule has 0 aromatic heterocycles. The van der Waals surface area contributed by atoms with Crippen LogP contribution in [-0.4, -0.2) is 58.4 Å². The van der Waals surface area contributed by atoms with E-state index in [9.17, 15) is 9.59 Å². The van der Waals surface area contributed by atoms with Crippen molar-refractivity contribution in [2.45, 2.75) is 85.1 Å². The molecule has 1 fully saturated rings. The fourth-order valence-corrected chi connectivity index (χ4v) is 2.63. The summed E-state index contributed by atoms with van der Waals surface area (Å²) in [5.74, 6) is 0. The third kappa shape index (κ3) is 5.92. The van der Waals surface area contributed by atoms with E-state index in [4.69, 9.17) is 9.47 Å². The first-order chi connectivity index (χ1) is 10.3. The molecule has 0 N–H and O–H groups in total. The fourth-order valence-electron chi connectivity index (χ4n) is 2.63. The quantitative estimate of drug-likeness (QED) is 0.737. The van der Waals surface area contributed by atoms with Crippen molar-refractivity contribution < 1.29 is 19.1 Å². The summed E-state index contributed by atoms with van der Waals surface area (Å²) < 4.78 is 11.0. The van der Waals surface area contributed by atoms with Crippen molar-refractivity contribution >= 4 is 12.2 Å². The van der Waals surface area contributed by atoms with Gasteiger partial charge >= 0.3 is 12.2 Å². The Morgan fingerprint density at radius 2 is 1.43 bits per heavy atom. The van der Waals surface area contributed by atoms with Crippen LogP contribution >= 0.6 is 0 Å². The van der Waals surface area contributed by atoms with Crippen LogP contribution in [0.3, 0.4) is 0 Å². The van der Waals surface area contributed by atoms with Crippen molar-refractivity contribution in [3.63, 3.8) is 0 Å². The van der Waals surface area contributed by atoms with Gasteiger partial charge in [0.05, 0.1) is 12.1 Å². The van der Waals surface area contributed by atoms with Crippen LogP contribution in [0, 0.1) is 0 Å². The summed E-state index contributed by atoms with van der Waals surface area (Å²) in [5, 5.41) is 0. The molecule has 1 heterocycles. The Labute approximate surface area is 140 Å². The Hall–Kier alpha value is -1.46. The Morgan fingerprint density at radius 1 is 0.957 bits per heavy atom. The summed E-state index contributed by atoms with van der Waals surface area (Å²) >= 11 is 0. The van der Waals surface area contributed by atoms with Crippen molar-refractivity contribution in [3.05, 3.63) is 0 Å². The predicted octanol–water partition coefficient (Wildman–Crippen LogP) is 3.64. The molecule has 134 valence electrons. The normalized spacial score (nSPS) is 22.8. The van der Waals surface area contributed by atoms with Crippen molar-refractivity contribution in [1.29, 1.82) is 0 Å².